The van der Waals surface area contributed by atoms with E-state index in [2.05, 4.69) is 52.9 Å². The van der Waals surface area contributed by atoms with E-state index in [1.54, 1.807) is 6.07 Å². The molecular formula is C23H34N4O2S. The van der Waals surface area contributed by atoms with E-state index in [0.29, 0.717) is 19.0 Å². The first kappa shape index (κ1) is 22.7. The Morgan fingerprint density at radius 1 is 0.967 bits per heavy atom. The molecule has 0 amide bonds. The highest BCUT2D eigenvalue weighted by atomic mass is 32.2. The molecule has 0 atom stereocenters. The molecule has 2 heterocycles. The molecule has 0 radical (unpaired) electrons. The van der Waals surface area contributed by atoms with Crippen molar-refractivity contribution in [3.63, 3.8) is 0 Å². The molecule has 164 valence electrons. The maximum atomic E-state index is 12.6. The molecule has 7 heteroatoms. The number of hydrogen-bond donors (Lipinski definition) is 0. The first-order valence-electron chi connectivity index (χ1n) is 10.9. The van der Waals surface area contributed by atoms with Crippen LogP contribution < -0.4 is 4.90 Å². The summed E-state index contributed by atoms with van der Waals surface area (Å²) in [7, 11) is -3.46. The second-order valence-corrected chi connectivity index (χ2v) is 10.0. The summed E-state index contributed by atoms with van der Waals surface area (Å²) in [5.41, 5.74) is 2.72. The quantitative estimate of drug-likeness (QED) is 0.641. The molecule has 1 aromatic carbocycles. The van der Waals surface area contributed by atoms with Crippen LogP contribution >= 0.6 is 0 Å². The highest BCUT2D eigenvalue weighted by Gasteiger charge is 2.23. The third-order valence-corrected chi connectivity index (χ3v) is 7.85. The molecule has 1 aromatic heterocycles. The average molecular weight is 431 g/mol. The summed E-state index contributed by atoms with van der Waals surface area (Å²) in [6.07, 6.45) is 1.49. The molecule has 0 N–H and O–H groups in total. The zero-order valence-electron chi connectivity index (χ0n) is 18.6. The van der Waals surface area contributed by atoms with Gasteiger partial charge in [-0.3, -0.25) is 4.90 Å². The van der Waals surface area contributed by atoms with E-state index in [0.717, 1.165) is 38.5 Å². The molecule has 1 aliphatic heterocycles. The normalized spacial score (nSPS) is 15.9. The second kappa shape index (κ2) is 9.90. The van der Waals surface area contributed by atoms with Crippen molar-refractivity contribution < 1.29 is 8.42 Å². The molecule has 3 rings (SSSR count). The van der Waals surface area contributed by atoms with E-state index in [1.165, 1.54) is 21.6 Å². The van der Waals surface area contributed by atoms with Gasteiger partial charge in [0.1, 0.15) is 10.7 Å². The van der Waals surface area contributed by atoms with Crippen LogP contribution in [0.15, 0.2) is 47.5 Å². The van der Waals surface area contributed by atoms with Crippen LogP contribution in [0.5, 0.6) is 0 Å². The predicted molar refractivity (Wildman–Crippen MR) is 122 cm³/mol. The largest absolute Gasteiger partial charge is 0.354 e. The summed E-state index contributed by atoms with van der Waals surface area (Å²) >= 11 is 0. The first-order chi connectivity index (χ1) is 14.3. The molecule has 0 saturated carbocycles. The lowest BCUT2D eigenvalue weighted by atomic mass is 10.0. The number of nitrogens with zero attached hydrogens (tertiary/aromatic N) is 4. The Morgan fingerprint density at radius 3 is 2.10 bits per heavy atom. The van der Waals surface area contributed by atoms with Crippen LogP contribution in [0.1, 0.15) is 44.7 Å². The summed E-state index contributed by atoms with van der Waals surface area (Å²) in [6.45, 7) is 13.7. The SMILES string of the molecule is CCN(CC)S(=O)(=O)c1ccc(N2CCN(Cc3ccc(C(C)C)cc3)CC2)nc1. The summed E-state index contributed by atoms with van der Waals surface area (Å²) in [5, 5.41) is 0. The molecule has 6 nitrogen and oxygen atoms in total. The molecule has 1 saturated heterocycles. The summed E-state index contributed by atoms with van der Waals surface area (Å²) in [6, 6.07) is 12.4. The van der Waals surface area contributed by atoms with Gasteiger partial charge in [-0.2, -0.15) is 4.31 Å². The van der Waals surface area contributed by atoms with Crippen molar-refractivity contribution in [3.8, 4) is 0 Å². The van der Waals surface area contributed by atoms with Gasteiger partial charge in [0.25, 0.3) is 0 Å². The minimum atomic E-state index is -3.46. The number of piperazine rings is 1. The average Bonchev–Trinajstić information content (AvgIpc) is 2.75. The van der Waals surface area contributed by atoms with Crippen molar-refractivity contribution >= 4 is 15.8 Å². The fourth-order valence-electron chi connectivity index (χ4n) is 3.83. The van der Waals surface area contributed by atoms with Gasteiger partial charge >= 0.3 is 0 Å². The van der Waals surface area contributed by atoms with Crippen molar-refractivity contribution in [1.29, 1.82) is 0 Å². The van der Waals surface area contributed by atoms with Gasteiger partial charge in [-0.05, 0) is 29.2 Å². The Hall–Kier alpha value is -1.96. The molecule has 1 aliphatic rings. The zero-order chi connectivity index (χ0) is 21.7. The molecule has 0 unspecified atom stereocenters. The maximum absolute atomic E-state index is 12.6. The number of aromatic nitrogens is 1. The Labute approximate surface area is 181 Å². The number of rotatable bonds is 8. The minimum Gasteiger partial charge on any atom is -0.354 e. The van der Waals surface area contributed by atoms with Gasteiger partial charge in [0.15, 0.2) is 0 Å². The van der Waals surface area contributed by atoms with Crippen molar-refractivity contribution in [3.05, 3.63) is 53.7 Å². The standard InChI is InChI=1S/C23H34N4O2S/c1-5-27(6-2)30(28,29)22-11-12-23(24-17-22)26-15-13-25(14-16-26)18-20-7-9-21(10-8-20)19(3)4/h7-12,17,19H,5-6,13-16,18H2,1-4H3. The van der Waals surface area contributed by atoms with Gasteiger partial charge in [0, 0.05) is 52.0 Å². The van der Waals surface area contributed by atoms with Crippen molar-refractivity contribution in [1.82, 2.24) is 14.2 Å². The lowest BCUT2D eigenvalue weighted by molar-refractivity contribution is 0.249. The monoisotopic (exact) mass is 430 g/mol. The van der Waals surface area contributed by atoms with Crippen LogP contribution in [-0.4, -0.2) is 61.9 Å². The highest BCUT2D eigenvalue weighted by molar-refractivity contribution is 7.89. The van der Waals surface area contributed by atoms with E-state index in [4.69, 9.17) is 0 Å². The molecule has 2 aromatic rings. The lowest BCUT2D eigenvalue weighted by Crippen LogP contribution is -2.46. The van der Waals surface area contributed by atoms with Crippen molar-refractivity contribution in [2.75, 3.05) is 44.2 Å². The molecule has 0 bridgehead atoms. The summed E-state index contributed by atoms with van der Waals surface area (Å²) in [4.78, 5) is 9.41. The molecule has 0 spiro atoms. The predicted octanol–water partition coefficient (Wildman–Crippen LogP) is 3.56. The molecule has 0 aliphatic carbocycles. The maximum Gasteiger partial charge on any atom is 0.244 e. The van der Waals surface area contributed by atoms with Gasteiger partial charge in [0.2, 0.25) is 10.0 Å². The Bertz CT molecular complexity index is 899. The third kappa shape index (κ3) is 5.20. The molecular weight excluding hydrogens is 396 g/mol. The fraction of sp³-hybridized carbons (Fsp3) is 0.522. The second-order valence-electron chi connectivity index (χ2n) is 8.10. The zero-order valence-corrected chi connectivity index (χ0v) is 19.4. The van der Waals surface area contributed by atoms with Gasteiger partial charge < -0.3 is 4.90 Å². The van der Waals surface area contributed by atoms with E-state index in [9.17, 15) is 8.42 Å². The van der Waals surface area contributed by atoms with Crippen molar-refractivity contribution in [2.24, 2.45) is 0 Å². The van der Waals surface area contributed by atoms with Crippen LogP contribution in [0.4, 0.5) is 5.82 Å². The van der Waals surface area contributed by atoms with E-state index in [1.807, 2.05) is 19.9 Å². The first-order valence-corrected chi connectivity index (χ1v) is 12.3. The van der Waals surface area contributed by atoms with Crippen molar-refractivity contribution in [2.45, 2.75) is 45.1 Å². The Kier molecular flexibility index (Phi) is 7.50. The summed E-state index contributed by atoms with van der Waals surface area (Å²) in [5.74, 6) is 1.40. The third-order valence-electron chi connectivity index (χ3n) is 5.81. The number of hydrogen-bond acceptors (Lipinski definition) is 5. The fourth-order valence-corrected chi connectivity index (χ4v) is 5.23. The van der Waals surface area contributed by atoms with Crippen LogP contribution in [0.3, 0.4) is 0 Å². The van der Waals surface area contributed by atoms with Gasteiger partial charge in [0.05, 0.1) is 0 Å². The van der Waals surface area contributed by atoms with Crippen LogP contribution in [0.2, 0.25) is 0 Å². The van der Waals surface area contributed by atoms with Crippen LogP contribution in [0.25, 0.3) is 0 Å². The number of benzene rings is 1. The Morgan fingerprint density at radius 2 is 1.60 bits per heavy atom. The van der Waals surface area contributed by atoms with E-state index < -0.39 is 10.0 Å². The number of pyridine rings is 1. The van der Waals surface area contributed by atoms with Gasteiger partial charge in [-0.25, -0.2) is 13.4 Å². The molecule has 30 heavy (non-hydrogen) atoms. The minimum absolute atomic E-state index is 0.262. The van der Waals surface area contributed by atoms with E-state index >= 15 is 0 Å². The molecule has 1 fully saturated rings. The van der Waals surface area contributed by atoms with Crippen LogP contribution in [-0.2, 0) is 16.6 Å². The van der Waals surface area contributed by atoms with Crippen LogP contribution in [0, 0.1) is 0 Å². The smallest absolute Gasteiger partial charge is 0.244 e. The van der Waals surface area contributed by atoms with Gasteiger partial charge in [-0.1, -0.05) is 52.0 Å². The Balaban J connectivity index is 1.57. The summed E-state index contributed by atoms with van der Waals surface area (Å²) < 4.78 is 26.7. The lowest BCUT2D eigenvalue weighted by Gasteiger charge is -2.35. The van der Waals surface area contributed by atoms with E-state index in [-0.39, 0.29) is 4.90 Å². The highest BCUT2D eigenvalue weighted by Crippen LogP contribution is 2.20. The number of sulfonamides is 1. The topological polar surface area (TPSA) is 56.8 Å². The van der Waals surface area contributed by atoms with Gasteiger partial charge in [-0.15, -0.1) is 0 Å². The number of anilines is 1.